The van der Waals surface area contributed by atoms with Crippen LogP contribution >= 0.6 is 0 Å². The molecule has 1 amide bonds. The number of sulfonamides is 1. The standard InChI is InChI=1S/C21H26N2O6S2/c1-16(18-7-9-20(10-8-18)30(2,25)26)22-21(24)19-5-3-17(4-6-19)15-31(27,28)23-11-13-29-14-12-23/h3-10,16H,11-15H2,1-2H3,(H,22,24)/t16-/m1/s1. The van der Waals surface area contributed by atoms with Crippen molar-refractivity contribution in [2.24, 2.45) is 0 Å². The van der Waals surface area contributed by atoms with E-state index in [1.54, 1.807) is 43.3 Å². The Morgan fingerprint density at radius 3 is 2.13 bits per heavy atom. The van der Waals surface area contributed by atoms with Crippen LogP contribution in [0.3, 0.4) is 0 Å². The van der Waals surface area contributed by atoms with Gasteiger partial charge in [-0.05, 0) is 42.3 Å². The molecule has 0 bridgehead atoms. The Morgan fingerprint density at radius 1 is 1.00 bits per heavy atom. The summed E-state index contributed by atoms with van der Waals surface area (Å²) in [7, 11) is -6.70. The first kappa shape index (κ1) is 23.4. The second-order valence-corrected chi connectivity index (χ2v) is 11.5. The number of hydrogen-bond donors (Lipinski definition) is 1. The average molecular weight is 467 g/mol. The van der Waals surface area contributed by atoms with Gasteiger partial charge in [0.2, 0.25) is 10.0 Å². The lowest BCUT2D eigenvalue weighted by molar-refractivity contribution is 0.0729. The summed E-state index contributed by atoms with van der Waals surface area (Å²) in [5.74, 6) is -0.430. The fourth-order valence-corrected chi connectivity index (χ4v) is 5.38. The van der Waals surface area contributed by atoms with Crippen molar-refractivity contribution in [2.75, 3.05) is 32.6 Å². The number of sulfone groups is 1. The third-order valence-corrected chi connectivity index (χ3v) is 8.06. The number of morpholine rings is 1. The van der Waals surface area contributed by atoms with E-state index >= 15 is 0 Å². The first-order valence-electron chi connectivity index (χ1n) is 9.82. The van der Waals surface area contributed by atoms with Crippen molar-refractivity contribution in [1.82, 2.24) is 9.62 Å². The number of nitrogens with one attached hydrogen (secondary N) is 1. The highest BCUT2D eigenvalue weighted by Crippen LogP contribution is 2.18. The molecule has 0 radical (unpaired) electrons. The Hall–Kier alpha value is -2.27. The molecule has 1 aliphatic rings. The summed E-state index contributed by atoms with van der Waals surface area (Å²) < 4.78 is 54.8. The number of carbonyl (C=O) groups is 1. The Kier molecular flexibility index (Phi) is 7.15. The number of rotatable bonds is 7. The topological polar surface area (TPSA) is 110 Å². The predicted octanol–water partition coefficient (Wildman–Crippen LogP) is 1.74. The van der Waals surface area contributed by atoms with Gasteiger partial charge in [-0.1, -0.05) is 24.3 Å². The molecule has 0 saturated carbocycles. The zero-order valence-corrected chi connectivity index (χ0v) is 19.1. The predicted molar refractivity (Wildman–Crippen MR) is 117 cm³/mol. The summed E-state index contributed by atoms with van der Waals surface area (Å²) in [5, 5.41) is 2.86. The van der Waals surface area contributed by atoms with Crippen molar-refractivity contribution in [3.63, 3.8) is 0 Å². The van der Waals surface area contributed by atoms with E-state index < -0.39 is 19.9 Å². The van der Waals surface area contributed by atoms with E-state index in [4.69, 9.17) is 4.74 Å². The van der Waals surface area contributed by atoms with E-state index in [9.17, 15) is 21.6 Å². The molecule has 1 N–H and O–H groups in total. The first-order chi connectivity index (χ1) is 14.6. The zero-order chi connectivity index (χ0) is 22.6. The molecule has 1 heterocycles. The third-order valence-electron chi connectivity index (χ3n) is 5.08. The number of amides is 1. The van der Waals surface area contributed by atoms with Gasteiger partial charge in [-0.15, -0.1) is 0 Å². The molecule has 1 aliphatic heterocycles. The van der Waals surface area contributed by atoms with E-state index in [0.29, 0.717) is 37.4 Å². The normalized spacial score (nSPS) is 16.6. The maximum atomic E-state index is 12.6. The van der Waals surface area contributed by atoms with Gasteiger partial charge >= 0.3 is 0 Å². The van der Waals surface area contributed by atoms with Gasteiger partial charge in [0, 0.05) is 24.9 Å². The minimum atomic E-state index is -3.43. The molecular formula is C21H26N2O6S2. The quantitative estimate of drug-likeness (QED) is 0.666. The maximum absolute atomic E-state index is 12.6. The van der Waals surface area contributed by atoms with E-state index in [2.05, 4.69) is 5.32 Å². The van der Waals surface area contributed by atoms with Crippen LogP contribution in [0.4, 0.5) is 0 Å². The van der Waals surface area contributed by atoms with Crippen LogP contribution in [-0.2, 0) is 30.4 Å². The lowest BCUT2D eigenvalue weighted by Gasteiger charge is -2.26. The highest BCUT2D eigenvalue weighted by molar-refractivity contribution is 7.90. The largest absolute Gasteiger partial charge is 0.379 e. The lowest BCUT2D eigenvalue weighted by Crippen LogP contribution is -2.41. The molecule has 0 spiro atoms. The van der Waals surface area contributed by atoms with Crippen LogP contribution < -0.4 is 5.32 Å². The van der Waals surface area contributed by atoms with Gasteiger partial charge in [0.05, 0.1) is 29.9 Å². The zero-order valence-electron chi connectivity index (χ0n) is 17.4. The monoisotopic (exact) mass is 466 g/mol. The van der Waals surface area contributed by atoms with Crippen LogP contribution in [0.5, 0.6) is 0 Å². The number of nitrogens with zero attached hydrogens (tertiary/aromatic N) is 1. The van der Waals surface area contributed by atoms with Gasteiger partial charge < -0.3 is 10.1 Å². The molecular weight excluding hydrogens is 440 g/mol. The summed E-state index contributed by atoms with van der Waals surface area (Å²) in [5.41, 5.74) is 1.79. The van der Waals surface area contributed by atoms with Gasteiger partial charge in [0.25, 0.3) is 5.91 Å². The Bertz CT molecular complexity index is 1120. The number of hydrogen-bond acceptors (Lipinski definition) is 6. The number of benzene rings is 2. The second-order valence-electron chi connectivity index (χ2n) is 7.50. The molecule has 2 aromatic rings. The SMILES string of the molecule is C[C@@H](NC(=O)c1ccc(CS(=O)(=O)N2CCOCC2)cc1)c1ccc(S(C)(=O)=O)cc1. The van der Waals surface area contributed by atoms with Crippen LogP contribution in [0.15, 0.2) is 53.4 Å². The molecule has 2 aromatic carbocycles. The van der Waals surface area contributed by atoms with Crippen LogP contribution in [0.25, 0.3) is 0 Å². The molecule has 31 heavy (non-hydrogen) atoms. The Labute approximate surface area is 183 Å². The Balaban J connectivity index is 1.62. The molecule has 168 valence electrons. The molecule has 0 aliphatic carbocycles. The Morgan fingerprint density at radius 2 is 1.58 bits per heavy atom. The lowest BCUT2D eigenvalue weighted by atomic mass is 10.1. The number of carbonyl (C=O) groups excluding carboxylic acids is 1. The molecule has 0 aromatic heterocycles. The van der Waals surface area contributed by atoms with Gasteiger partial charge in [-0.25, -0.2) is 16.8 Å². The van der Waals surface area contributed by atoms with Crippen molar-refractivity contribution >= 4 is 25.8 Å². The highest BCUT2D eigenvalue weighted by atomic mass is 32.2. The van der Waals surface area contributed by atoms with E-state index in [0.717, 1.165) is 11.8 Å². The van der Waals surface area contributed by atoms with Gasteiger partial charge in [-0.3, -0.25) is 4.79 Å². The first-order valence-corrected chi connectivity index (χ1v) is 13.3. The van der Waals surface area contributed by atoms with Crippen LogP contribution in [0, 0.1) is 0 Å². The van der Waals surface area contributed by atoms with E-state index in [1.807, 2.05) is 0 Å². The number of ether oxygens (including phenoxy) is 1. The fourth-order valence-electron chi connectivity index (χ4n) is 3.25. The minimum absolute atomic E-state index is 0.127. The van der Waals surface area contributed by atoms with Crippen molar-refractivity contribution in [3.05, 3.63) is 65.2 Å². The van der Waals surface area contributed by atoms with Crippen LogP contribution in [0.2, 0.25) is 0 Å². The molecule has 8 nitrogen and oxygen atoms in total. The summed E-state index contributed by atoms with van der Waals surface area (Å²) in [6, 6.07) is 12.5. The molecule has 1 saturated heterocycles. The van der Waals surface area contributed by atoms with Crippen molar-refractivity contribution < 1.29 is 26.4 Å². The highest BCUT2D eigenvalue weighted by Gasteiger charge is 2.24. The molecule has 10 heteroatoms. The average Bonchev–Trinajstić information content (AvgIpc) is 2.74. The minimum Gasteiger partial charge on any atom is -0.379 e. The molecule has 0 unspecified atom stereocenters. The summed E-state index contributed by atoms with van der Waals surface area (Å²) in [6.45, 7) is 3.30. The van der Waals surface area contributed by atoms with Gasteiger partial charge in [0.15, 0.2) is 9.84 Å². The fraction of sp³-hybridized carbons (Fsp3) is 0.381. The van der Waals surface area contributed by atoms with Crippen molar-refractivity contribution in [3.8, 4) is 0 Å². The molecule has 1 atom stereocenters. The molecule has 1 fully saturated rings. The van der Waals surface area contributed by atoms with Crippen molar-refractivity contribution in [1.29, 1.82) is 0 Å². The van der Waals surface area contributed by atoms with Gasteiger partial charge in [-0.2, -0.15) is 4.31 Å². The third kappa shape index (κ3) is 6.13. The molecule has 3 rings (SSSR count). The van der Waals surface area contributed by atoms with E-state index in [-0.39, 0.29) is 22.6 Å². The smallest absolute Gasteiger partial charge is 0.251 e. The van der Waals surface area contributed by atoms with E-state index in [1.165, 1.54) is 16.4 Å². The maximum Gasteiger partial charge on any atom is 0.251 e. The van der Waals surface area contributed by atoms with Crippen molar-refractivity contribution in [2.45, 2.75) is 23.6 Å². The summed E-state index contributed by atoms with van der Waals surface area (Å²) in [4.78, 5) is 12.8. The second kappa shape index (κ2) is 9.47. The van der Waals surface area contributed by atoms with Gasteiger partial charge in [0.1, 0.15) is 0 Å². The summed E-state index contributed by atoms with van der Waals surface area (Å²) in [6.07, 6.45) is 1.14. The van der Waals surface area contributed by atoms with Crippen LogP contribution in [0.1, 0.15) is 34.5 Å². The van der Waals surface area contributed by atoms with Crippen LogP contribution in [-0.4, -0.2) is 59.6 Å². The summed E-state index contributed by atoms with van der Waals surface area (Å²) >= 11 is 0.